The summed E-state index contributed by atoms with van der Waals surface area (Å²) in [5, 5.41) is 19.7. The SMILES string of the molecule is COC(=O)C1=CO[C@@H](C)[C@H]2C[n+]3ccc4c([n-]c5ccccc54)c3C[C@H]12.O=C(O)c1ccccc1O. The summed E-state index contributed by atoms with van der Waals surface area (Å²) in [6.07, 6.45) is 4.57. The van der Waals surface area contributed by atoms with E-state index in [2.05, 4.69) is 29.8 Å². The van der Waals surface area contributed by atoms with Crippen molar-refractivity contribution < 1.29 is 33.8 Å². The number of phenols is 1. The van der Waals surface area contributed by atoms with Gasteiger partial charge in [0.25, 0.3) is 0 Å². The van der Waals surface area contributed by atoms with Crippen LogP contribution in [0.25, 0.3) is 21.8 Å². The van der Waals surface area contributed by atoms with E-state index in [-0.39, 0.29) is 35.2 Å². The summed E-state index contributed by atoms with van der Waals surface area (Å²) in [6.45, 7) is 2.88. The van der Waals surface area contributed by atoms with Crippen LogP contribution >= 0.6 is 0 Å². The van der Waals surface area contributed by atoms with Gasteiger partial charge in [-0.2, -0.15) is 0 Å². The van der Waals surface area contributed by atoms with Crippen molar-refractivity contribution in [1.82, 2.24) is 4.98 Å². The number of nitrogens with zero attached hydrogens (tertiary/aromatic N) is 2. The number of hydrogen-bond donors (Lipinski definition) is 2. The van der Waals surface area contributed by atoms with E-state index >= 15 is 0 Å². The maximum atomic E-state index is 12.3. The van der Waals surface area contributed by atoms with Crippen molar-refractivity contribution >= 4 is 33.7 Å². The lowest BCUT2D eigenvalue weighted by Crippen LogP contribution is -2.54. The van der Waals surface area contributed by atoms with E-state index in [1.165, 1.54) is 35.7 Å². The van der Waals surface area contributed by atoms with Crippen molar-refractivity contribution in [3.8, 4) is 5.75 Å². The topological polar surface area (TPSA) is 111 Å². The highest BCUT2D eigenvalue weighted by Crippen LogP contribution is 2.38. The molecule has 3 atom stereocenters. The highest BCUT2D eigenvalue weighted by Gasteiger charge is 2.44. The van der Waals surface area contributed by atoms with Gasteiger partial charge in [-0.25, -0.2) is 14.2 Å². The van der Waals surface area contributed by atoms with Gasteiger partial charge in [-0.05, 0) is 29.8 Å². The van der Waals surface area contributed by atoms with Crippen molar-refractivity contribution in [2.45, 2.75) is 26.0 Å². The number of rotatable bonds is 2. The molecular weight excluding hydrogens is 460 g/mol. The number of methoxy groups -OCH3 is 1. The summed E-state index contributed by atoms with van der Waals surface area (Å²) in [5.74, 6) is -1.27. The highest BCUT2D eigenvalue weighted by atomic mass is 16.5. The number of para-hydroxylation sites is 2. The summed E-state index contributed by atoms with van der Waals surface area (Å²) in [6, 6.07) is 16.2. The van der Waals surface area contributed by atoms with Gasteiger partial charge in [0.15, 0.2) is 18.4 Å². The average Bonchev–Trinajstić information content (AvgIpc) is 3.27. The molecule has 36 heavy (non-hydrogen) atoms. The number of carbonyl (C=O) groups excluding carboxylic acids is 1. The predicted octanol–water partition coefficient (Wildman–Crippen LogP) is 3.59. The van der Waals surface area contributed by atoms with Gasteiger partial charge < -0.3 is 24.7 Å². The molecule has 0 saturated heterocycles. The Bertz CT molecular complexity index is 1500. The molecule has 2 aliphatic heterocycles. The number of aromatic hydroxyl groups is 1. The predicted molar refractivity (Wildman–Crippen MR) is 131 cm³/mol. The molecule has 8 nitrogen and oxygen atoms in total. The number of aromatic nitrogens is 2. The monoisotopic (exact) mass is 486 g/mol. The van der Waals surface area contributed by atoms with Crippen LogP contribution in [-0.2, 0) is 27.2 Å². The lowest BCUT2D eigenvalue weighted by atomic mass is 9.76. The largest absolute Gasteiger partial charge is 0.652 e. The first-order valence-corrected chi connectivity index (χ1v) is 11.7. The third kappa shape index (κ3) is 4.04. The first-order chi connectivity index (χ1) is 17.4. The quantitative estimate of drug-likeness (QED) is 0.329. The second kappa shape index (κ2) is 9.37. The van der Waals surface area contributed by atoms with Crippen molar-refractivity contribution in [2.75, 3.05) is 7.11 Å². The molecule has 0 bridgehead atoms. The summed E-state index contributed by atoms with van der Waals surface area (Å²) in [5.41, 5.74) is 3.81. The van der Waals surface area contributed by atoms with Crippen LogP contribution < -0.4 is 9.55 Å². The Morgan fingerprint density at radius 1 is 1.08 bits per heavy atom. The van der Waals surface area contributed by atoms with E-state index in [0.29, 0.717) is 5.57 Å². The normalized spacial score (nSPS) is 20.3. The Kier molecular flexibility index (Phi) is 6.10. The number of esters is 1. The zero-order valence-corrected chi connectivity index (χ0v) is 19.9. The van der Waals surface area contributed by atoms with E-state index in [0.717, 1.165) is 24.0 Å². The van der Waals surface area contributed by atoms with Crippen LogP contribution in [0.5, 0.6) is 5.75 Å². The Morgan fingerprint density at radius 3 is 2.56 bits per heavy atom. The zero-order valence-electron chi connectivity index (χ0n) is 19.9. The molecular formula is C28H26N2O6. The number of fused-ring (bicyclic) bond motifs is 6. The molecule has 0 spiro atoms. The Morgan fingerprint density at radius 2 is 1.83 bits per heavy atom. The molecule has 2 aromatic carbocycles. The highest BCUT2D eigenvalue weighted by molar-refractivity contribution is 6.07. The zero-order chi connectivity index (χ0) is 25.4. The van der Waals surface area contributed by atoms with Crippen LogP contribution in [0.2, 0.25) is 0 Å². The third-order valence-corrected chi connectivity index (χ3v) is 7.03. The molecule has 0 amide bonds. The Labute approximate surface area is 207 Å². The van der Waals surface area contributed by atoms with Gasteiger partial charge in [-0.3, -0.25) is 0 Å². The van der Waals surface area contributed by atoms with E-state index in [1.807, 2.05) is 18.2 Å². The molecule has 184 valence electrons. The van der Waals surface area contributed by atoms with Gasteiger partial charge in [0, 0.05) is 18.4 Å². The van der Waals surface area contributed by atoms with Crippen LogP contribution in [0.4, 0.5) is 0 Å². The second-order valence-corrected chi connectivity index (χ2v) is 9.01. The van der Waals surface area contributed by atoms with Crippen LogP contribution in [-0.4, -0.2) is 35.4 Å². The Hall–Kier alpha value is -4.33. The smallest absolute Gasteiger partial charge is 0.339 e. The number of aromatic carboxylic acids is 1. The van der Waals surface area contributed by atoms with Crippen LogP contribution in [0.15, 0.2) is 72.6 Å². The van der Waals surface area contributed by atoms with Gasteiger partial charge in [-0.15, -0.1) is 5.52 Å². The van der Waals surface area contributed by atoms with E-state index < -0.39 is 5.97 Å². The molecule has 2 aliphatic rings. The molecule has 0 saturated carbocycles. The van der Waals surface area contributed by atoms with Crippen molar-refractivity contribution in [2.24, 2.45) is 11.8 Å². The maximum Gasteiger partial charge on any atom is 0.339 e. The number of hydrogen-bond acceptors (Lipinski definition) is 5. The van der Waals surface area contributed by atoms with E-state index in [4.69, 9.17) is 24.7 Å². The molecule has 0 aliphatic carbocycles. The van der Waals surface area contributed by atoms with Crippen LogP contribution in [0.1, 0.15) is 23.0 Å². The fourth-order valence-electron chi connectivity index (χ4n) is 5.14. The summed E-state index contributed by atoms with van der Waals surface area (Å²) in [4.78, 5) is 27.4. The van der Waals surface area contributed by atoms with E-state index in [9.17, 15) is 9.59 Å². The number of ether oxygens (including phenoxy) is 2. The fraction of sp³-hybridized carbons (Fsp3) is 0.250. The first-order valence-electron chi connectivity index (χ1n) is 11.7. The molecule has 2 N–H and O–H groups in total. The summed E-state index contributed by atoms with van der Waals surface area (Å²) in [7, 11) is 1.42. The van der Waals surface area contributed by atoms with E-state index in [1.54, 1.807) is 18.4 Å². The lowest BCUT2D eigenvalue weighted by Gasteiger charge is -2.37. The summed E-state index contributed by atoms with van der Waals surface area (Å²) >= 11 is 0. The minimum absolute atomic E-state index is 0.0662. The van der Waals surface area contributed by atoms with Crippen LogP contribution in [0, 0.1) is 11.8 Å². The number of carboxylic acids is 1. The maximum absolute atomic E-state index is 12.3. The number of carboxylic acid groups (broad SMARTS) is 1. The number of benzene rings is 2. The minimum atomic E-state index is -1.11. The third-order valence-electron chi connectivity index (χ3n) is 7.03. The first kappa shape index (κ1) is 23.4. The number of pyridine rings is 1. The molecule has 2 aromatic heterocycles. The fourth-order valence-corrected chi connectivity index (χ4v) is 5.14. The van der Waals surface area contributed by atoms with Gasteiger partial charge in [0.2, 0.25) is 0 Å². The second-order valence-electron chi connectivity index (χ2n) is 9.01. The van der Waals surface area contributed by atoms with Crippen molar-refractivity contribution in [3.63, 3.8) is 0 Å². The molecule has 0 fully saturated rings. The number of carbonyl (C=O) groups is 2. The van der Waals surface area contributed by atoms with Gasteiger partial charge in [0.05, 0.1) is 24.9 Å². The Balaban J connectivity index is 0.000000226. The standard InChI is InChI=1S/C21H20N2O3.C7H6O3/c1-12-16-10-23-8-7-14-13-5-3-4-6-18(13)22-20(14)19(23)9-15(16)17(11-26-12)21(24)25-2;8-6-4-2-1-3-5(6)7(9)10/h3-8,11-12,15-16H,9-10H2,1-2H3;1-4,8H,(H,9,10)/t12-,15-,16+;/m0./s1. The molecule has 4 heterocycles. The minimum Gasteiger partial charge on any atom is -0.652 e. The van der Waals surface area contributed by atoms with Crippen LogP contribution in [0.3, 0.4) is 0 Å². The van der Waals surface area contributed by atoms with Crippen molar-refractivity contribution in [1.29, 1.82) is 0 Å². The molecule has 4 aromatic rings. The van der Waals surface area contributed by atoms with Gasteiger partial charge >= 0.3 is 11.9 Å². The van der Waals surface area contributed by atoms with Gasteiger partial charge in [0.1, 0.15) is 17.4 Å². The molecule has 0 unspecified atom stereocenters. The van der Waals surface area contributed by atoms with Crippen molar-refractivity contribution in [3.05, 3.63) is 83.9 Å². The average molecular weight is 487 g/mol. The van der Waals surface area contributed by atoms with Gasteiger partial charge in [-0.1, -0.05) is 41.9 Å². The summed E-state index contributed by atoms with van der Waals surface area (Å²) < 4.78 is 13.0. The molecule has 0 radical (unpaired) electrons. The molecule has 6 rings (SSSR count). The lowest BCUT2D eigenvalue weighted by molar-refractivity contribution is -0.717. The molecule has 8 heteroatoms.